The topological polar surface area (TPSA) is 62.6 Å². The number of piperidine rings is 1. The molecule has 1 saturated heterocycles. The van der Waals surface area contributed by atoms with E-state index in [2.05, 4.69) is 25.4 Å². The molecule has 0 aliphatic carbocycles. The van der Waals surface area contributed by atoms with E-state index in [4.69, 9.17) is 4.74 Å². The molecule has 1 aliphatic heterocycles. The van der Waals surface area contributed by atoms with E-state index in [1.165, 1.54) is 19.3 Å². The van der Waals surface area contributed by atoms with Gasteiger partial charge in [-0.3, -0.25) is 5.43 Å². The van der Waals surface area contributed by atoms with Gasteiger partial charge in [-0.1, -0.05) is 12.1 Å². The van der Waals surface area contributed by atoms with Gasteiger partial charge in [-0.15, -0.1) is 0 Å². The number of aromatic nitrogens is 2. The number of methoxy groups -OCH3 is 1. The first-order valence-electron chi connectivity index (χ1n) is 8.29. The van der Waals surface area contributed by atoms with Crippen molar-refractivity contribution in [2.75, 3.05) is 30.5 Å². The summed E-state index contributed by atoms with van der Waals surface area (Å²) in [6.07, 6.45) is 5.47. The van der Waals surface area contributed by atoms with Crippen LogP contribution in [0, 0.1) is 6.92 Å². The number of para-hydroxylation sites is 1. The largest absolute Gasteiger partial charge is 0.496 e. The molecule has 24 heavy (non-hydrogen) atoms. The number of rotatable bonds is 5. The average Bonchev–Trinajstić information content (AvgIpc) is 2.62. The molecule has 0 radical (unpaired) electrons. The molecule has 6 heteroatoms. The molecule has 2 aromatic rings. The summed E-state index contributed by atoms with van der Waals surface area (Å²) in [5.41, 5.74) is 3.91. The van der Waals surface area contributed by atoms with Crippen LogP contribution in [0.15, 0.2) is 35.4 Å². The maximum absolute atomic E-state index is 5.31. The summed E-state index contributed by atoms with van der Waals surface area (Å²) < 4.78 is 5.31. The number of nitrogens with one attached hydrogen (secondary N) is 1. The molecule has 0 atom stereocenters. The summed E-state index contributed by atoms with van der Waals surface area (Å²) >= 11 is 0. The van der Waals surface area contributed by atoms with Crippen molar-refractivity contribution >= 4 is 17.9 Å². The first kappa shape index (κ1) is 16.2. The highest BCUT2D eigenvalue weighted by Gasteiger charge is 2.13. The molecule has 0 bridgehead atoms. The summed E-state index contributed by atoms with van der Waals surface area (Å²) in [5, 5.41) is 4.28. The fraction of sp³-hybridized carbons (Fsp3) is 0.389. The molecule has 0 spiro atoms. The standard InChI is InChI=1S/C18H23N5O/c1-14-20-17(12-18(21-14)23-10-6-3-7-11-23)22-19-13-15-8-4-5-9-16(15)24-2/h4-5,8-9,12-13H,3,6-7,10-11H2,1-2H3,(H,20,21,22)/b19-13+. The minimum atomic E-state index is 0.703. The van der Waals surface area contributed by atoms with Crippen LogP contribution in [0.3, 0.4) is 0 Å². The Hall–Kier alpha value is -2.63. The van der Waals surface area contributed by atoms with Crippen molar-refractivity contribution in [1.29, 1.82) is 0 Å². The second kappa shape index (κ2) is 7.77. The normalized spacial score (nSPS) is 14.8. The smallest absolute Gasteiger partial charge is 0.152 e. The highest BCUT2D eigenvalue weighted by molar-refractivity contribution is 5.83. The summed E-state index contributed by atoms with van der Waals surface area (Å²) in [5.74, 6) is 3.20. The molecule has 1 aromatic carbocycles. The minimum absolute atomic E-state index is 0.703. The third-order valence-electron chi connectivity index (χ3n) is 4.03. The van der Waals surface area contributed by atoms with E-state index in [0.29, 0.717) is 5.82 Å². The predicted molar refractivity (Wildman–Crippen MR) is 97.0 cm³/mol. The molecule has 0 amide bonds. The van der Waals surface area contributed by atoms with Crippen LogP contribution in [0.25, 0.3) is 0 Å². The van der Waals surface area contributed by atoms with Crippen LogP contribution in [0.4, 0.5) is 11.6 Å². The van der Waals surface area contributed by atoms with E-state index in [0.717, 1.165) is 36.0 Å². The van der Waals surface area contributed by atoms with Crippen molar-refractivity contribution in [3.8, 4) is 5.75 Å². The predicted octanol–water partition coefficient (Wildman–Crippen LogP) is 3.23. The minimum Gasteiger partial charge on any atom is -0.496 e. The third kappa shape index (κ3) is 4.01. The Balaban J connectivity index is 1.72. The van der Waals surface area contributed by atoms with E-state index in [-0.39, 0.29) is 0 Å². The van der Waals surface area contributed by atoms with Crippen molar-refractivity contribution in [3.63, 3.8) is 0 Å². The van der Waals surface area contributed by atoms with Crippen LogP contribution >= 0.6 is 0 Å². The molecule has 6 nitrogen and oxygen atoms in total. The van der Waals surface area contributed by atoms with Gasteiger partial charge in [-0.25, -0.2) is 9.97 Å². The highest BCUT2D eigenvalue weighted by Crippen LogP contribution is 2.20. The molecule has 0 saturated carbocycles. The Morgan fingerprint density at radius 2 is 1.96 bits per heavy atom. The van der Waals surface area contributed by atoms with Gasteiger partial charge >= 0.3 is 0 Å². The maximum Gasteiger partial charge on any atom is 0.152 e. The molecular weight excluding hydrogens is 302 g/mol. The van der Waals surface area contributed by atoms with Gasteiger partial charge in [0.1, 0.15) is 17.4 Å². The first-order valence-corrected chi connectivity index (χ1v) is 8.29. The summed E-state index contributed by atoms with van der Waals surface area (Å²) in [6, 6.07) is 9.70. The zero-order valence-corrected chi connectivity index (χ0v) is 14.2. The Labute approximate surface area is 142 Å². The zero-order chi connectivity index (χ0) is 16.8. The molecule has 1 fully saturated rings. The summed E-state index contributed by atoms with van der Waals surface area (Å²) in [4.78, 5) is 11.3. The Morgan fingerprint density at radius 1 is 1.17 bits per heavy atom. The quantitative estimate of drug-likeness (QED) is 0.675. The van der Waals surface area contributed by atoms with Crippen molar-refractivity contribution in [2.45, 2.75) is 26.2 Å². The number of benzene rings is 1. The lowest BCUT2D eigenvalue weighted by Crippen LogP contribution is -2.30. The molecule has 1 aliphatic rings. The van der Waals surface area contributed by atoms with Crippen molar-refractivity contribution < 1.29 is 4.74 Å². The van der Waals surface area contributed by atoms with Crippen LogP contribution in [-0.4, -0.2) is 36.4 Å². The van der Waals surface area contributed by atoms with E-state index in [9.17, 15) is 0 Å². The Bertz CT molecular complexity index is 710. The lowest BCUT2D eigenvalue weighted by molar-refractivity contribution is 0.414. The van der Waals surface area contributed by atoms with E-state index < -0.39 is 0 Å². The SMILES string of the molecule is COc1ccccc1/C=N/Nc1cc(N2CCCCC2)nc(C)n1. The maximum atomic E-state index is 5.31. The van der Waals surface area contributed by atoms with E-state index >= 15 is 0 Å². The second-order valence-electron chi connectivity index (χ2n) is 5.82. The van der Waals surface area contributed by atoms with Crippen molar-refractivity contribution in [1.82, 2.24) is 9.97 Å². The highest BCUT2D eigenvalue weighted by atomic mass is 16.5. The first-order chi connectivity index (χ1) is 11.8. The van der Waals surface area contributed by atoms with Gasteiger partial charge in [0.25, 0.3) is 0 Å². The van der Waals surface area contributed by atoms with Gasteiger partial charge in [0.2, 0.25) is 0 Å². The molecule has 126 valence electrons. The third-order valence-corrected chi connectivity index (χ3v) is 4.03. The second-order valence-corrected chi connectivity index (χ2v) is 5.82. The van der Waals surface area contributed by atoms with Gasteiger partial charge in [0, 0.05) is 24.7 Å². The Morgan fingerprint density at radius 3 is 2.75 bits per heavy atom. The number of hydrogen-bond acceptors (Lipinski definition) is 6. The van der Waals surface area contributed by atoms with Crippen LogP contribution < -0.4 is 15.1 Å². The number of anilines is 2. The summed E-state index contributed by atoms with van der Waals surface area (Å²) in [6.45, 7) is 4.02. The van der Waals surface area contributed by atoms with Crippen LogP contribution in [0.5, 0.6) is 5.75 Å². The molecule has 1 aromatic heterocycles. The van der Waals surface area contributed by atoms with E-state index in [1.807, 2.05) is 37.3 Å². The van der Waals surface area contributed by atoms with Crippen molar-refractivity contribution in [3.05, 3.63) is 41.7 Å². The number of hydrogen-bond donors (Lipinski definition) is 1. The van der Waals surface area contributed by atoms with Gasteiger partial charge in [-0.2, -0.15) is 5.10 Å². The Kier molecular flexibility index (Phi) is 5.25. The molecule has 1 N–H and O–H groups in total. The van der Waals surface area contributed by atoms with Gasteiger partial charge in [0.05, 0.1) is 13.3 Å². The van der Waals surface area contributed by atoms with Gasteiger partial charge in [-0.05, 0) is 38.3 Å². The van der Waals surface area contributed by atoms with Gasteiger partial charge in [0.15, 0.2) is 5.82 Å². The number of ether oxygens (including phenoxy) is 1. The van der Waals surface area contributed by atoms with Crippen LogP contribution in [0.2, 0.25) is 0 Å². The van der Waals surface area contributed by atoms with Crippen LogP contribution in [0.1, 0.15) is 30.7 Å². The number of nitrogens with zero attached hydrogens (tertiary/aromatic N) is 4. The molecular formula is C18H23N5O. The summed E-state index contributed by atoms with van der Waals surface area (Å²) in [7, 11) is 1.65. The fourth-order valence-corrected chi connectivity index (χ4v) is 2.84. The average molecular weight is 325 g/mol. The lowest BCUT2D eigenvalue weighted by atomic mass is 10.1. The number of hydrazone groups is 1. The van der Waals surface area contributed by atoms with Crippen LogP contribution in [-0.2, 0) is 0 Å². The molecule has 3 rings (SSSR count). The lowest BCUT2D eigenvalue weighted by Gasteiger charge is -2.27. The number of aryl methyl sites for hydroxylation is 1. The molecule has 2 heterocycles. The van der Waals surface area contributed by atoms with Gasteiger partial charge < -0.3 is 9.64 Å². The monoisotopic (exact) mass is 325 g/mol. The molecule has 0 unspecified atom stereocenters. The van der Waals surface area contributed by atoms with Crippen molar-refractivity contribution in [2.24, 2.45) is 5.10 Å². The van der Waals surface area contributed by atoms with E-state index in [1.54, 1.807) is 13.3 Å². The zero-order valence-electron chi connectivity index (χ0n) is 14.2. The fourth-order valence-electron chi connectivity index (χ4n) is 2.84.